The zero-order valence-electron chi connectivity index (χ0n) is 10.4. The topological polar surface area (TPSA) is 72.7 Å². The highest BCUT2D eigenvalue weighted by Gasteiger charge is 2.14. The third kappa shape index (κ3) is 2.91. The van der Waals surface area contributed by atoms with Gasteiger partial charge in [0.2, 0.25) is 5.91 Å². The van der Waals surface area contributed by atoms with Crippen LogP contribution in [0.2, 0.25) is 0 Å². The summed E-state index contributed by atoms with van der Waals surface area (Å²) in [5, 5.41) is 6.78. The zero-order chi connectivity index (χ0) is 13.0. The van der Waals surface area contributed by atoms with Crippen LogP contribution in [-0.4, -0.2) is 25.7 Å². The van der Waals surface area contributed by atoms with Gasteiger partial charge in [-0.2, -0.15) is 5.10 Å². The maximum absolute atomic E-state index is 11.9. The first-order valence-electron chi connectivity index (χ1n) is 5.70. The Morgan fingerprint density at radius 1 is 1.50 bits per heavy atom. The minimum atomic E-state index is -0.370. The average molecular weight is 245 g/mol. The molecule has 6 nitrogen and oxygen atoms in total. The largest absolute Gasteiger partial charge is 0.350 e. The molecule has 0 fully saturated rings. The van der Waals surface area contributed by atoms with Gasteiger partial charge >= 0.3 is 0 Å². The number of nitrogens with zero attached hydrogens (tertiary/aromatic N) is 4. The van der Waals surface area contributed by atoms with Gasteiger partial charge in [0.05, 0.1) is 0 Å². The van der Waals surface area contributed by atoms with E-state index in [0.29, 0.717) is 6.54 Å². The lowest BCUT2D eigenvalue weighted by Crippen LogP contribution is -2.30. The van der Waals surface area contributed by atoms with E-state index in [1.165, 1.54) is 17.3 Å². The van der Waals surface area contributed by atoms with Gasteiger partial charge in [-0.1, -0.05) is 6.07 Å². The summed E-state index contributed by atoms with van der Waals surface area (Å²) >= 11 is 0. The Morgan fingerprint density at radius 3 is 2.94 bits per heavy atom. The minimum Gasteiger partial charge on any atom is -0.350 e. The van der Waals surface area contributed by atoms with E-state index < -0.39 is 0 Å². The molecule has 0 spiro atoms. The van der Waals surface area contributed by atoms with Gasteiger partial charge in [0.1, 0.15) is 18.7 Å². The quantitative estimate of drug-likeness (QED) is 0.867. The molecule has 94 valence electrons. The van der Waals surface area contributed by atoms with E-state index in [-0.39, 0.29) is 11.9 Å². The molecule has 0 saturated heterocycles. The number of hydrogen-bond donors (Lipinski definition) is 1. The Hall–Kier alpha value is -2.24. The molecule has 2 aromatic heterocycles. The number of nitrogens with one attached hydrogen (secondary N) is 1. The van der Waals surface area contributed by atoms with Crippen LogP contribution >= 0.6 is 0 Å². The molecule has 2 rings (SSSR count). The maximum atomic E-state index is 11.9. The molecular formula is C12H15N5O. The SMILES string of the molecule is Cc1ccc(CNC(=O)C(C)n2cncn2)cn1. The molecule has 0 aliphatic carbocycles. The van der Waals surface area contributed by atoms with Crippen LogP contribution in [0.25, 0.3) is 0 Å². The molecule has 0 aromatic carbocycles. The van der Waals surface area contributed by atoms with Gasteiger partial charge < -0.3 is 5.32 Å². The van der Waals surface area contributed by atoms with Crippen LogP contribution in [0, 0.1) is 6.92 Å². The van der Waals surface area contributed by atoms with Crippen molar-refractivity contribution in [3.8, 4) is 0 Å². The van der Waals surface area contributed by atoms with Crippen molar-refractivity contribution in [2.24, 2.45) is 0 Å². The second-order valence-electron chi connectivity index (χ2n) is 4.08. The smallest absolute Gasteiger partial charge is 0.244 e. The molecular weight excluding hydrogens is 230 g/mol. The molecule has 0 radical (unpaired) electrons. The summed E-state index contributed by atoms with van der Waals surface area (Å²) in [7, 11) is 0. The van der Waals surface area contributed by atoms with Gasteiger partial charge in [-0.3, -0.25) is 9.78 Å². The van der Waals surface area contributed by atoms with Crippen molar-refractivity contribution in [2.45, 2.75) is 26.4 Å². The number of amides is 1. The van der Waals surface area contributed by atoms with Crippen molar-refractivity contribution >= 4 is 5.91 Å². The first-order chi connectivity index (χ1) is 8.66. The van der Waals surface area contributed by atoms with E-state index in [1.54, 1.807) is 13.1 Å². The minimum absolute atomic E-state index is 0.0962. The molecule has 1 unspecified atom stereocenters. The second-order valence-corrected chi connectivity index (χ2v) is 4.08. The Kier molecular flexibility index (Phi) is 3.66. The number of carbonyl (C=O) groups is 1. The first-order valence-corrected chi connectivity index (χ1v) is 5.70. The molecule has 6 heteroatoms. The number of rotatable bonds is 4. The second kappa shape index (κ2) is 5.39. The van der Waals surface area contributed by atoms with Crippen molar-refractivity contribution in [3.63, 3.8) is 0 Å². The number of hydrogen-bond acceptors (Lipinski definition) is 4. The number of aryl methyl sites for hydroxylation is 1. The van der Waals surface area contributed by atoms with Gasteiger partial charge in [0.15, 0.2) is 0 Å². The fourth-order valence-corrected chi connectivity index (χ4v) is 1.48. The van der Waals surface area contributed by atoms with E-state index in [0.717, 1.165) is 11.3 Å². The predicted octanol–water partition coefficient (Wildman–Crippen LogP) is 0.859. The van der Waals surface area contributed by atoms with E-state index in [4.69, 9.17) is 0 Å². The molecule has 0 bridgehead atoms. The predicted molar refractivity (Wildman–Crippen MR) is 65.6 cm³/mol. The fraction of sp³-hybridized carbons (Fsp3) is 0.333. The third-order valence-corrected chi connectivity index (χ3v) is 2.65. The average Bonchev–Trinajstić information content (AvgIpc) is 2.90. The lowest BCUT2D eigenvalue weighted by Gasteiger charge is -2.11. The Labute approximate surface area is 105 Å². The summed E-state index contributed by atoms with van der Waals surface area (Å²) in [6.45, 7) is 4.16. The van der Waals surface area contributed by atoms with Gasteiger partial charge in [-0.25, -0.2) is 9.67 Å². The van der Waals surface area contributed by atoms with E-state index >= 15 is 0 Å². The molecule has 0 aliphatic heterocycles. The Morgan fingerprint density at radius 2 is 2.33 bits per heavy atom. The molecule has 18 heavy (non-hydrogen) atoms. The molecule has 2 heterocycles. The van der Waals surface area contributed by atoms with E-state index in [9.17, 15) is 4.79 Å². The van der Waals surface area contributed by atoms with E-state index in [2.05, 4.69) is 20.4 Å². The van der Waals surface area contributed by atoms with Gasteiger partial charge in [0.25, 0.3) is 0 Å². The van der Waals surface area contributed by atoms with Crippen molar-refractivity contribution < 1.29 is 4.79 Å². The Bertz CT molecular complexity index is 506. The van der Waals surface area contributed by atoms with Crippen LogP contribution in [0.5, 0.6) is 0 Å². The number of aromatic nitrogens is 4. The van der Waals surface area contributed by atoms with Crippen molar-refractivity contribution in [1.82, 2.24) is 25.1 Å². The van der Waals surface area contributed by atoms with Crippen LogP contribution in [0.3, 0.4) is 0 Å². The molecule has 1 N–H and O–H groups in total. The van der Waals surface area contributed by atoms with Gasteiger partial charge in [-0.05, 0) is 25.5 Å². The molecule has 0 saturated carbocycles. The highest BCUT2D eigenvalue weighted by molar-refractivity contribution is 5.79. The summed E-state index contributed by atoms with van der Waals surface area (Å²) in [4.78, 5) is 19.9. The summed E-state index contributed by atoms with van der Waals surface area (Å²) < 4.78 is 1.52. The van der Waals surface area contributed by atoms with Crippen LogP contribution in [-0.2, 0) is 11.3 Å². The highest BCUT2D eigenvalue weighted by atomic mass is 16.2. The lowest BCUT2D eigenvalue weighted by molar-refractivity contribution is -0.124. The maximum Gasteiger partial charge on any atom is 0.244 e. The lowest BCUT2D eigenvalue weighted by atomic mass is 10.2. The van der Waals surface area contributed by atoms with Crippen LogP contribution in [0.15, 0.2) is 31.0 Å². The third-order valence-electron chi connectivity index (χ3n) is 2.65. The Balaban J connectivity index is 1.90. The van der Waals surface area contributed by atoms with Crippen LogP contribution < -0.4 is 5.32 Å². The standard InChI is InChI=1S/C12H15N5O/c1-9-3-4-11(5-14-9)6-15-12(18)10(2)17-8-13-7-16-17/h3-5,7-8,10H,6H2,1-2H3,(H,15,18). The van der Waals surface area contributed by atoms with Crippen molar-refractivity contribution in [1.29, 1.82) is 0 Å². The van der Waals surface area contributed by atoms with Gasteiger partial charge in [0, 0.05) is 18.4 Å². The molecule has 2 aromatic rings. The normalized spacial score (nSPS) is 12.1. The van der Waals surface area contributed by atoms with Crippen molar-refractivity contribution in [2.75, 3.05) is 0 Å². The summed E-state index contributed by atoms with van der Waals surface area (Å²) in [6, 6.07) is 3.50. The molecule has 1 amide bonds. The molecule has 0 aliphatic rings. The van der Waals surface area contributed by atoms with Crippen molar-refractivity contribution in [3.05, 3.63) is 42.2 Å². The van der Waals surface area contributed by atoms with Gasteiger partial charge in [-0.15, -0.1) is 0 Å². The highest BCUT2D eigenvalue weighted by Crippen LogP contribution is 2.03. The fourth-order valence-electron chi connectivity index (χ4n) is 1.48. The number of pyridine rings is 1. The monoisotopic (exact) mass is 245 g/mol. The van der Waals surface area contributed by atoms with Crippen LogP contribution in [0.1, 0.15) is 24.2 Å². The summed E-state index contributed by atoms with van der Waals surface area (Å²) in [5.41, 5.74) is 1.93. The van der Waals surface area contributed by atoms with Crippen LogP contribution in [0.4, 0.5) is 0 Å². The number of carbonyl (C=O) groups excluding carboxylic acids is 1. The molecule has 1 atom stereocenters. The zero-order valence-corrected chi connectivity index (χ0v) is 10.4. The first kappa shape index (κ1) is 12.2. The summed E-state index contributed by atoms with van der Waals surface area (Å²) in [5.74, 6) is -0.0962. The van der Waals surface area contributed by atoms with E-state index in [1.807, 2.05) is 19.1 Å². The summed E-state index contributed by atoms with van der Waals surface area (Å²) in [6.07, 6.45) is 4.70.